The first-order valence-electron chi connectivity index (χ1n) is 5.34. The normalized spacial score (nSPS) is 15.8. The van der Waals surface area contributed by atoms with E-state index in [4.69, 9.17) is 5.73 Å². The molecule has 3 N–H and O–H groups in total. The van der Waals surface area contributed by atoms with E-state index in [0.717, 1.165) is 18.4 Å². The van der Waals surface area contributed by atoms with Crippen molar-refractivity contribution in [3.05, 3.63) is 29.3 Å². The number of benzene rings is 1. The topological polar surface area (TPSA) is 55.1 Å². The standard InChI is InChI=1S/C12H16N2O/c1-8-4-2-7-10(11(8)13)12(15)14-9-5-3-6-9/h2,4,7,9H,3,5-6,13H2,1H3,(H,14,15). The monoisotopic (exact) mass is 204 g/mol. The SMILES string of the molecule is Cc1cccc(C(=O)NC2CCC2)c1N. The maximum Gasteiger partial charge on any atom is 0.253 e. The molecule has 1 aromatic carbocycles. The van der Waals surface area contributed by atoms with Crippen molar-refractivity contribution in [1.29, 1.82) is 0 Å². The number of rotatable bonds is 2. The van der Waals surface area contributed by atoms with E-state index in [0.29, 0.717) is 17.3 Å². The van der Waals surface area contributed by atoms with E-state index in [1.165, 1.54) is 6.42 Å². The van der Waals surface area contributed by atoms with Crippen molar-refractivity contribution in [2.45, 2.75) is 32.2 Å². The van der Waals surface area contributed by atoms with Crippen LogP contribution in [0.25, 0.3) is 0 Å². The van der Waals surface area contributed by atoms with Gasteiger partial charge in [-0.15, -0.1) is 0 Å². The Hall–Kier alpha value is -1.51. The average Bonchev–Trinajstić information content (AvgIpc) is 2.15. The van der Waals surface area contributed by atoms with E-state index < -0.39 is 0 Å². The predicted molar refractivity (Wildman–Crippen MR) is 60.7 cm³/mol. The number of nitrogens with two attached hydrogens (primary N) is 1. The highest BCUT2D eigenvalue weighted by molar-refractivity contribution is 5.99. The molecule has 0 unspecified atom stereocenters. The second-order valence-electron chi connectivity index (χ2n) is 4.14. The largest absolute Gasteiger partial charge is 0.398 e. The molecule has 2 rings (SSSR count). The van der Waals surface area contributed by atoms with Crippen LogP contribution in [0.3, 0.4) is 0 Å². The molecule has 0 bridgehead atoms. The fraction of sp³-hybridized carbons (Fsp3) is 0.417. The fourth-order valence-electron chi connectivity index (χ4n) is 1.69. The summed E-state index contributed by atoms with van der Waals surface area (Å²) >= 11 is 0. The van der Waals surface area contributed by atoms with Crippen LogP contribution in [-0.4, -0.2) is 11.9 Å². The number of hydrogen-bond donors (Lipinski definition) is 2. The number of nitrogen functional groups attached to an aromatic ring is 1. The molecule has 1 saturated carbocycles. The smallest absolute Gasteiger partial charge is 0.253 e. The van der Waals surface area contributed by atoms with Crippen molar-refractivity contribution < 1.29 is 4.79 Å². The Balaban J connectivity index is 2.13. The zero-order valence-electron chi connectivity index (χ0n) is 8.92. The van der Waals surface area contributed by atoms with Crippen LogP contribution in [0.4, 0.5) is 5.69 Å². The maximum absolute atomic E-state index is 11.8. The lowest BCUT2D eigenvalue weighted by Gasteiger charge is -2.26. The number of amides is 1. The lowest BCUT2D eigenvalue weighted by Crippen LogP contribution is -2.39. The molecule has 0 saturated heterocycles. The first-order valence-corrected chi connectivity index (χ1v) is 5.34. The molecule has 3 nitrogen and oxygen atoms in total. The van der Waals surface area contributed by atoms with Crippen LogP contribution in [0.5, 0.6) is 0 Å². The van der Waals surface area contributed by atoms with Gasteiger partial charge in [0.05, 0.1) is 5.56 Å². The van der Waals surface area contributed by atoms with Gasteiger partial charge in [-0.25, -0.2) is 0 Å². The van der Waals surface area contributed by atoms with Crippen molar-refractivity contribution in [3.8, 4) is 0 Å². The number of aryl methyl sites for hydroxylation is 1. The molecule has 1 aromatic rings. The van der Waals surface area contributed by atoms with Gasteiger partial charge in [0.25, 0.3) is 5.91 Å². The molecule has 0 heterocycles. The van der Waals surface area contributed by atoms with Gasteiger partial charge in [-0.1, -0.05) is 12.1 Å². The highest BCUT2D eigenvalue weighted by Gasteiger charge is 2.21. The number of anilines is 1. The molecule has 3 heteroatoms. The van der Waals surface area contributed by atoms with Gasteiger partial charge in [0.15, 0.2) is 0 Å². The molecule has 1 fully saturated rings. The summed E-state index contributed by atoms with van der Waals surface area (Å²) in [6, 6.07) is 5.91. The lowest BCUT2D eigenvalue weighted by molar-refractivity contribution is 0.0918. The molecule has 0 spiro atoms. The van der Waals surface area contributed by atoms with E-state index in [-0.39, 0.29) is 5.91 Å². The molecule has 1 aliphatic rings. The van der Waals surface area contributed by atoms with Crippen molar-refractivity contribution in [2.75, 3.05) is 5.73 Å². The Morgan fingerprint density at radius 1 is 1.47 bits per heavy atom. The van der Waals surface area contributed by atoms with Crippen molar-refractivity contribution in [2.24, 2.45) is 0 Å². The summed E-state index contributed by atoms with van der Waals surface area (Å²) in [6.45, 7) is 1.91. The third-order valence-corrected chi connectivity index (χ3v) is 3.01. The minimum atomic E-state index is -0.0408. The number of carbonyl (C=O) groups is 1. The summed E-state index contributed by atoms with van der Waals surface area (Å²) < 4.78 is 0. The van der Waals surface area contributed by atoms with Crippen LogP contribution in [0.1, 0.15) is 35.2 Å². The summed E-state index contributed by atoms with van der Waals surface area (Å²) in [5.74, 6) is -0.0408. The third kappa shape index (κ3) is 1.96. The summed E-state index contributed by atoms with van der Waals surface area (Å²) in [5, 5.41) is 2.98. The van der Waals surface area contributed by atoms with Crippen LogP contribution in [-0.2, 0) is 0 Å². The molecule has 15 heavy (non-hydrogen) atoms. The maximum atomic E-state index is 11.8. The first-order chi connectivity index (χ1) is 7.18. The van der Waals surface area contributed by atoms with Gasteiger partial charge in [-0.2, -0.15) is 0 Å². The molecular weight excluding hydrogens is 188 g/mol. The lowest BCUT2D eigenvalue weighted by atomic mass is 9.93. The van der Waals surface area contributed by atoms with E-state index >= 15 is 0 Å². The minimum Gasteiger partial charge on any atom is -0.398 e. The highest BCUT2D eigenvalue weighted by Crippen LogP contribution is 2.21. The molecule has 0 aliphatic heterocycles. The van der Waals surface area contributed by atoms with Gasteiger partial charge in [0.2, 0.25) is 0 Å². The van der Waals surface area contributed by atoms with Gasteiger partial charge in [-0.05, 0) is 37.8 Å². The van der Waals surface area contributed by atoms with Crippen molar-refractivity contribution >= 4 is 11.6 Å². The number of nitrogens with one attached hydrogen (secondary N) is 1. The van der Waals surface area contributed by atoms with Crippen molar-refractivity contribution in [3.63, 3.8) is 0 Å². The number of carbonyl (C=O) groups excluding carboxylic acids is 1. The first kappa shape index (κ1) is 10.0. The van der Waals surface area contributed by atoms with Crippen LogP contribution in [0.2, 0.25) is 0 Å². The molecule has 0 aromatic heterocycles. The second kappa shape index (κ2) is 3.93. The van der Waals surface area contributed by atoms with Crippen LogP contribution in [0.15, 0.2) is 18.2 Å². The fourth-order valence-corrected chi connectivity index (χ4v) is 1.69. The molecule has 1 aliphatic carbocycles. The zero-order valence-corrected chi connectivity index (χ0v) is 8.92. The third-order valence-electron chi connectivity index (χ3n) is 3.01. The van der Waals surface area contributed by atoms with Gasteiger partial charge >= 0.3 is 0 Å². The van der Waals surface area contributed by atoms with Crippen LogP contribution >= 0.6 is 0 Å². The van der Waals surface area contributed by atoms with E-state index in [9.17, 15) is 4.79 Å². The average molecular weight is 204 g/mol. The number of hydrogen-bond acceptors (Lipinski definition) is 2. The highest BCUT2D eigenvalue weighted by atomic mass is 16.1. The summed E-state index contributed by atoms with van der Waals surface area (Å²) in [4.78, 5) is 11.8. The molecule has 0 atom stereocenters. The Bertz CT molecular complexity index is 383. The number of para-hydroxylation sites is 1. The quantitative estimate of drug-likeness (QED) is 0.722. The minimum absolute atomic E-state index is 0.0408. The van der Waals surface area contributed by atoms with Gasteiger partial charge in [0, 0.05) is 11.7 Å². The summed E-state index contributed by atoms with van der Waals surface area (Å²) in [5.41, 5.74) is 8.00. The predicted octanol–water partition coefficient (Wildman–Crippen LogP) is 1.86. The zero-order chi connectivity index (χ0) is 10.8. The van der Waals surface area contributed by atoms with Crippen LogP contribution < -0.4 is 11.1 Å². The van der Waals surface area contributed by atoms with Crippen molar-refractivity contribution in [1.82, 2.24) is 5.32 Å². The summed E-state index contributed by atoms with van der Waals surface area (Å²) in [7, 11) is 0. The molecule has 1 amide bonds. The van der Waals surface area contributed by atoms with E-state index in [1.807, 2.05) is 19.1 Å². The van der Waals surface area contributed by atoms with Gasteiger partial charge in [-0.3, -0.25) is 4.79 Å². The van der Waals surface area contributed by atoms with Gasteiger partial charge < -0.3 is 11.1 Å². The second-order valence-corrected chi connectivity index (χ2v) is 4.14. The van der Waals surface area contributed by atoms with Gasteiger partial charge in [0.1, 0.15) is 0 Å². The Morgan fingerprint density at radius 3 is 2.80 bits per heavy atom. The Morgan fingerprint density at radius 2 is 2.20 bits per heavy atom. The Labute approximate surface area is 89.7 Å². The molecule has 0 radical (unpaired) electrons. The van der Waals surface area contributed by atoms with E-state index in [1.54, 1.807) is 6.07 Å². The molecular formula is C12H16N2O. The Kier molecular flexibility index (Phi) is 2.62. The molecule has 80 valence electrons. The van der Waals surface area contributed by atoms with Crippen LogP contribution in [0, 0.1) is 6.92 Å². The summed E-state index contributed by atoms with van der Waals surface area (Å²) in [6.07, 6.45) is 3.41. The van der Waals surface area contributed by atoms with E-state index in [2.05, 4.69) is 5.32 Å².